The highest BCUT2D eigenvalue weighted by Gasteiger charge is 2.38. The minimum Gasteiger partial charge on any atom is -0.379 e. The molecule has 2 fully saturated rings. The number of hydrogen-bond donors (Lipinski definition) is 1. The summed E-state index contributed by atoms with van der Waals surface area (Å²) in [5, 5.41) is 3.19. The van der Waals surface area contributed by atoms with E-state index in [-0.39, 0.29) is 17.3 Å². The summed E-state index contributed by atoms with van der Waals surface area (Å²) in [5.74, 6) is 0.591. The van der Waals surface area contributed by atoms with Crippen molar-refractivity contribution in [3.8, 4) is 0 Å². The molecule has 1 aromatic rings. The van der Waals surface area contributed by atoms with Crippen molar-refractivity contribution in [2.45, 2.75) is 49.0 Å². The first-order valence-electron chi connectivity index (χ1n) is 9.66. The number of amides is 1. The molecule has 1 aliphatic heterocycles. The lowest BCUT2D eigenvalue weighted by molar-refractivity contribution is -0.122. The van der Waals surface area contributed by atoms with E-state index in [1.165, 1.54) is 31.4 Å². The molecule has 0 aromatic heterocycles. The number of hydrogen-bond acceptors (Lipinski definition) is 4. The van der Waals surface area contributed by atoms with Crippen LogP contribution in [0.1, 0.15) is 38.5 Å². The lowest BCUT2D eigenvalue weighted by Crippen LogP contribution is -2.59. The smallest absolute Gasteiger partial charge is 0.220 e. The number of carbonyl (C=O) groups excluding carboxylic acids is 1. The monoisotopic (exact) mass is 380 g/mol. The predicted octanol–water partition coefficient (Wildman–Crippen LogP) is 3.46. The SMILES string of the molecule is O=C(CCSc1ccc(F)cc1)NCC1(N2CCOCC2)CCCCC1. The molecule has 4 nitrogen and oxygen atoms in total. The molecule has 0 spiro atoms. The fourth-order valence-corrected chi connectivity index (χ4v) is 4.85. The zero-order valence-electron chi connectivity index (χ0n) is 15.3. The van der Waals surface area contributed by atoms with E-state index in [2.05, 4.69) is 10.2 Å². The summed E-state index contributed by atoms with van der Waals surface area (Å²) in [6.07, 6.45) is 6.60. The van der Waals surface area contributed by atoms with Gasteiger partial charge in [0.15, 0.2) is 0 Å². The summed E-state index contributed by atoms with van der Waals surface area (Å²) in [6.45, 7) is 4.27. The van der Waals surface area contributed by atoms with Crippen LogP contribution in [-0.2, 0) is 9.53 Å². The molecule has 6 heteroatoms. The lowest BCUT2D eigenvalue weighted by Gasteiger charge is -2.48. The van der Waals surface area contributed by atoms with Gasteiger partial charge < -0.3 is 10.1 Å². The topological polar surface area (TPSA) is 41.6 Å². The lowest BCUT2D eigenvalue weighted by atomic mass is 9.79. The number of carbonyl (C=O) groups is 1. The Kier molecular flexibility index (Phi) is 7.34. The van der Waals surface area contributed by atoms with Gasteiger partial charge in [0.1, 0.15) is 5.82 Å². The van der Waals surface area contributed by atoms with Gasteiger partial charge in [-0.1, -0.05) is 19.3 Å². The Morgan fingerprint density at radius 3 is 2.54 bits per heavy atom. The molecule has 144 valence electrons. The van der Waals surface area contributed by atoms with E-state index in [0.717, 1.165) is 50.6 Å². The number of nitrogens with one attached hydrogen (secondary N) is 1. The molecule has 3 rings (SSSR count). The van der Waals surface area contributed by atoms with Crippen molar-refractivity contribution >= 4 is 17.7 Å². The Morgan fingerprint density at radius 1 is 1.15 bits per heavy atom. The van der Waals surface area contributed by atoms with E-state index >= 15 is 0 Å². The van der Waals surface area contributed by atoms with Crippen molar-refractivity contribution < 1.29 is 13.9 Å². The van der Waals surface area contributed by atoms with Gasteiger partial charge in [-0.3, -0.25) is 9.69 Å². The van der Waals surface area contributed by atoms with Gasteiger partial charge in [-0.15, -0.1) is 11.8 Å². The Bertz CT molecular complexity index is 570. The van der Waals surface area contributed by atoms with Crippen molar-refractivity contribution in [1.29, 1.82) is 0 Å². The zero-order valence-corrected chi connectivity index (χ0v) is 16.2. The first-order chi connectivity index (χ1) is 12.7. The van der Waals surface area contributed by atoms with Crippen molar-refractivity contribution in [2.24, 2.45) is 0 Å². The number of thioether (sulfide) groups is 1. The Balaban J connectivity index is 1.45. The van der Waals surface area contributed by atoms with Crippen LogP contribution < -0.4 is 5.32 Å². The summed E-state index contributed by atoms with van der Waals surface area (Å²) in [5.41, 5.74) is 0.113. The highest BCUT2D eigenvalue weighted by molar-refractivity contribution is 7.99. The third-order valence-corrected chi connectivity index (χ3v) is 6.51. The molecule has 1 aliphatic carbocycles. The zero-order chi connectivity index (χ0) is 18.2. The predicted molar refractivity (Wildman–Crippen MR) is 103 cm³/mol. The summed E-state index contributed by atoms with van der Waals surface area (Å²) < 4.78 is 18.4. The molecule has 1 saturated heterocycles. The maximum atomic E-state index is 12.9. The van der Waals surface area contributed by atoms with E-state index in [1.807, 2.05) is 0 Å². The van der Waals surface area contributed by atoms with Gasteiger partial charge >= 0.3 is 0 Å². The van der Waals surface area contributed by atoms with Crippen LogP contribution in [0.2, 0.25) is 0 Å². The minimum atomic E-state index is -0.229. The third kappa shape index (κ3) is 5.44. The number of halogens is 1. The van der Waals surface area contributed by atoms with E-state index in [9.17, 15) is 9.18 Å². The molecular formula is C20H29FN2O2S. The van der Waals surface area contributed by atoms with Crippen molar-refractivity contribution in [2.75, 3.05) is 38.6 Å². The third-order valence-electron chi connectivity index (χ3n) is 5.49. The van der Waals surface area contributed by atoms with Crippen molar-refractivity contribution in [1.82, 2.24) is 10.2 Å². The number of ether oxygens (including phenoxy) is 1. The molecule has 0 bridgehead atoms. The van der Waals surface area contributed by atoms with E-state index in [1.54, 1.807) is 23.9 Å². The first kappa shape index (κ1) is 19.6. The fraction of sp³-hybridized carbons (Fsp3) is 0.650. The van der Waals surface area contributed by atoms with Crippen molar-refractivity contribution in [3.63, 3.8) is 0 Å². The van der Waals surface area contributed by atoms with Gasteiger partial charge in [0.2, 0.25) is 5.91 Å². The molecule has 0 unspecified atom stereocenters. The van der Waals surface area contributed by atoms with Crippen LogP contribution in [0.5, 0.6) is 0 Å². The molecule has 1 aromatic carbocycles. The van der Waals surface area contributed by atoms with Crippen LogP contribution in [0.15, 0.2) is 29.2 Å². The second kappa shape index (κ2) is 9.72. The van der Waals surface area contributed by atoms with Gasteiger partial charge in [0, 0.05) is 42.2 Å². The van der Waals surface area contributed by atoms with Gasteiger partial charge in [0.25, 0.3) is 0 Å². The van der Waals surface area contributed by atoms with Crippen molar-refractivity contribution in [3.05, 3.63) is 30.1 Å². The molecular weight excluding hydrogens is 351 g/mol. The molecule has 1 amide bonds. The normalized spacial score (nSPS) is 20.7. The number of nitrogens with zero attached hydrogens (tertiary/aromatic N) is 1. The van der Waals surface area contributed by atoms with Crippen LogP contribution in [-0.4, -0.2) is 54.9 Å². The van der Waals surface area contributed by atoms with E-state index in [4.69, 9.17) is 4.74 Å². The molecule has 0 atom stereocenters. The van der Waals surface area contributed by atoms with Crippen LogP contribution in [0, 0.1) is 5.82 Å². The maximum Gasteiger partial charge on any atom is 0.220 e. The summed E-state index contributed by atoms with van der Waals surface area (Å²) in [7, 11) is 0. The Hall–Kier alpha value is -1.11. The van der Waals surface area contributed by atoms with Crippen LogP contribution in [0.25, 0.3) is 0 Å². The van der Waals surface area contributed by atoms with Gasteiger partial charge in [-0.25, -0.2) is 4.39 Å². The molecule has 1 N–H and O–H groups in total. The molecule has 26 heavy (non-hydrogen) atoms. The number of rotatable bonds is 7. The highest BCUT2D eigenvalue weighted by atomic mass is 32.2. The van der Waals surface area contributed by atoms with E-state index in [0.29, 0.717) is 12.2 Å². The van der Waals surface area contributed by atoms with E-state index < -0.39 is 0 Å². The summed E-state index contributed by atoms with van der Waals surface area (Å²) in [4.78, 5) is 15.9. The molecule has 2 aliphatic rings. The molecule has 0 radical (unpaired) electrons. The quantitative estimate of drug-likeness (QED) is 0.736. The molecule has 1 heterocycles. The van der Waals surface area contributed by atoms with Gasteiger partial charge in [-0.2, -0.15) is 0 Å². The summed E-state index contributed by atoms with van der Waals surface area (Å²) >= 11 is 1.59. The Morgan fingerprint density at radius 2 is 1.85 bits per heavy atom. The average molecular weight is 381 g/mol. The average Bonchev–Trinajstić information content (AvgIpc) is 2.69. The summed E-state index contributed by atoms with van der Waals surface area (Å²) in [6, 6.07) is 6.43. The largest absolute Gasteiger partial charge is 0.379 e. The first-order valence-corrected chi connectivity index (χ1v) is 10.6. The van der Waals surface area contributed by atoms with Crippen LogP contribution >= 0.6 is 11.8 Å². The number of morpholine rings is 1. The maximum absolute atomic E-state index is 12.9. The second-order valence-electron chi connectivity index (χ2n) is 7.21. The molecule has 1 saturated carbocycles. The second-order valence-corrected chi connectivity index (χ2v) is 8.38. The van der Waals surface area contributed by atoms with Gasteiger partial charge in [0.05, 0.1) is 13.2 Å². The number of benzene rings is 1. The highest BCUT2D eigenvalue weighted by Crippen LogP contribution is 2.34. The standard InChI is InChI=1S/C20H29FN2O2S/c21-17-4-6-18(7-5-17)26-15-8-19(24)22-16-20(9-2-1-3-10-20)23-11-13-25-14-12-23/h4-7H,1-3,8-16H2,(H,22,24). The fourth-order valence-electron chi connectivity index (χ4n) is 4.00. The Labute approximate surface area is 159 Å². The van der Waals surface area contributed by atoms with Gasteiger partial charge in [-0.05, 0) is 37.1 Å². The van der Waals surface area contributed by atoms with Crippen LogP contribution in [0.3, 0.4) is 0 Å². The van der Waals surface area contributed by atoms with Crippen LogP contribution in [0.4, 0.5) is 4.39 Å². The minimum absolute atomic E-state index is 0.109.